The van der Waals surface area contributed by atoms with Crippen molar-refractivity contribution in [2.75, 3.05) is 19.0 Å². The Morgan fingerprint density at radius 3 is 2.20 bits per heavy atom. The number of rotatable bonds is 6. The number of carbonyl (C=O) groups is 1. The Labute approximate surface area is 207 Å². The van der Waals surface area contributed by atoms with E-state index in [2.05, 4.69) is 30.9 Å². The Morgan fingerprint density at radius 2 is 1.63 bits per heavy atom. The number of aryl methyl sites for hydroxylation is 2. The molecule has 0 radical (unpaired) electrons. The van der Waals surface area contributed by atoms with Crippen LogP contribution in [0.5, 0.6) is 5.75 Å². The summed E-state index contributed by atoms with van der Waals surface area (Å²) < 4.78 is 5.24. The lowest BCUT2D eigenvalue weighted by Gasteiger charge is -2.56. The Morgan fingerprint density at radius 1 is 1.03 bits per heavy atom. The molecule has 0 aliphatic heterocycles. The average Bonchev–Trinajstić information content (AvgIpc) is 2.77. The van der Waals surface area contributed by atoms with Crippen LogP contribution >= 0.6 is 0 Å². The van der Waals surface area contributed by atoms with Crippen molar-refractivity contribution in [1.29, 1.82) is 0 Å². The highest BCUT2D eigenvalue weighted by molar-refractivity contribution is 6.03. The molecule has 4 fully saturated rings. The minimum Gasteiger partial charge on any atom is -0.497 e. The lowest BCUT2D eigenvalue weighted by molar-refractivity contribution is -0.0132. The molecule has 186 valence electrons. The second kappa shape index (κ2) is 9.84. The summed E-state index contributed by atoms with van der Waals surface area (Å²) in [5.41, 5.74) is 2.80. The first-order valence-electron chi connectivity index (χ1n) is 12.7. The zero-order valence-electron chi connectivity index (χ0n) is 20.9. The highest BCUT2D eigenvalue weighted by atomic mass is 16.5. The Bertz CT molecular complexity index is 1040. The topological polar surface area (TPSA) is 101 Å². The summed E-state index contributed by atoms with van der Waals surface area (Å²) >= 11 is 0. The first-order chi connectivity index (χ1) is 16.9. The summed E-state index contributed by atoms with van der Waals surface area (Å²) in [6, 6.07) is 9.66. The smallest absolute Gasteiger partial charge is 0.321 e. The molecule has 8 nitrogen and oxygen atoms in total. The predicted molar refractivity (Wildman–Crippen MR) is 137 cm³/mol. The molecule has 8 heteroatoms. The summed E-state index contributed by atoms with van der Waals surface area (Å²) in [6.07, 6.45) is 8.06. The van der Waals surface area contributed by atoms with Crippen molar-refractivity contribution in [2.24, 2.45) is 22.7 Å². The number of aromatic nitrogens is 2. The summed E-state index contributed by atoms with van der Waals surface area (Å²) in [7, 11) is 1.66. The van der Waals surface area contributed by atoms with Gasteiger partial charge in [0.1, 0.15) is 5.75 Å². The van der Waals surface area contributed by atoms with Gasteiger partial charge in [-0.2, -0.15) is 0 Å². The number of urea groups is 1. The summed E-state index contributed by atoms with van der Waals surface area (Å²) in [5.74, 6) is 3.92. The molecule has 4 saturated carbocycles. The van der Waals surface area contributed by atoms with Crippen molar-refractivity contribution < 1.29 is 9.53 Å². The number of hydrogen-bond acceptors (Lipinski definition) is 5. The number of amides is 2. The number of carbonyl (C=O) groups excluding carboxylic acids is 1. The maximum Gasteiger partial charge on any atom is 0.321 e. The molecule has 1 aromatic carbocycles. The van der Waals surface area contributed by atoms with E-state index in [1.165, 1.54) is 19.3 Å². The molecule has 6 rings (SSSR count). The van der Waals surface area contributed by atoms with Crippen LogP contribution in [0.1, 0.15) is 55.5 Å². The van der Waals surface area contributed by atoms with Gasteiger partial charge in [-0.25, -0.2) is 14.8 Å². The van der Waals surface area contributed by atoms with Gasteiger partial charge in [-0.1, -0.05) is 12.1 Å². The third kappa shape index (κ3) is 5.74. The number of anilines is 1. The van der Waals surface area contributed by atoms with Gasteiger partial charge >= 0.3 is 6.03 Å². The van der Waals surface area contributed by atoms with Gasteiger partial charge < -0.3 is 10.1 Å². The number of methoxy groups -OCH3 is 1. The second-order valence-electron chi connectivity index (χ2n) is 10.7. The third-order valence-corrected chi connectivity index (χ3v) is 7.69. The minimum atomic E-state index is -0.202. The Balaban J connectivity index is 1.27. The highest BCUT2D eigenvalue weighted by Gasteiger charge is 2.51. The van der Waals surface area contributed by atoms with Crippen molar-refractivity contribution in [2.45, 2.75) is 64.3 Å². The van der Waals surface area contributed by atoms with Gasteiger partial charge in [0.05, 0.1) is 7.11 Å². The van der Waals surface area contributed by atoms with Crippen LogP contribution in [-0.2, 0) is 6.42 Å². The lowest BCUT2D eigenvalue weighted by Crippen LogP contribution is -2.62. The van der Waals surface area contributed by atoms with Crippen molar-refractivity contribution in [3.63, 3.8) is 0 Å². The van der Waals surface area contributed by atoms with Crippen molar-refractivity contribution >= 4 is 17.9 Å². The van der Waals surface area contributed by atoms with Gasteiger partial charge in [-0.3, -0.25) is 15.6 Å². The standard InChI is InChI=1S/C27H36N6O2/c1-17-10-18(2)30-25(29-17)31-24(28-9-8-19-4-6-23(35-3)7-5-19)32-26(34)33-27-14-20-11-21(15-27)13-22(12-20)16-27/h4-7,10,20-22H,8-9,11-16H2,1-3H3,(H3,28,29,30,31,32,33,34). The fraction of sp³-hybridized carbons (Fsp3) is 0.556. The van der Waals surface area contributed by atoms with E-state index < -0.39 is 0 Å². The van der Waals surface area contributed by atoms with Gasteiger partial charge in [0, 0.05) is 23.5 Å². The maximum atomic E-state index is 13.2. The van der Waals surface area contributed by atoms with Crippen LogP contribution in [0.15, 0.2) is 35.3 Å². The van der Waals surface area contributed by atoms with E-state index in [1.54, 1.807) is 7.11 Å². The molecule has 0 saturated heterocycles. The van der Waals surface area contributed by atoms with Crippen LogP contribution in [0.2, 0.25) is 0 Å². The number of guanidine groups is 1. The summed E-state index contributed by atoms with van der Waals surface area (Å²) in [4.78, 5) is 26.8. The SMILES string of the molecule is COc1ccc(CCN=C(NC(=O)NC23CC4CC(CC(C4)C2)C3)Nc2nc(C)cc(C)n2)cc1. The Hall–Kier alpha value is -3.16. The lowest BCUT2D eigenvalue weighted by atomic mass is 9.53. The molecule has 4 aliphatic rings. The summed E-state index contributed by atoms with van der Waals surface area (Å²) in [6.45, 7) is 4.36. The number of benzene rings is 1. The van der Waals surface area contributed by atoms with Crippen LogP contribution in [0.4, 0.5) is 10.7 Å². The largest absolute Gasteiger partial charge is 0.497 e. The number of nitrogens with one attached hydrogen (secondary N) is 3. The molecule has 2 aromatic rings. The zero-order chi connectivity index (χ0) is 24.4. The fourth-order valence-electron chi connectivity index (χ4n) is 6.73. The van der Waals surface area contributed by atoms with E-state index in [0.29, 0.717) is 18.5 Å². The van der Waals surface area contributed by atoms with Crippen molar-refractivity contribution in [3.8, 4) is 5.75 Å². The van der Waals surface area contributed by atoms with E-state index in [0.717, 1.165) is 66.1 Å². The van der Waals surface area contributed by atoms with Gasteiger partial charge in [0.15, 0.2) is 0 Å². The van der Waals surface area contributed by atoms with Gasteiger partial charge in [-0.05, 0) is 100 Å². The normalized spacial score (nSPS) is 26.9. The zero-order valence-corrected chi connectivity index (χ0v) is 20.9. The highest BCUT2D eigenvalue weighted by Crippen LogP contribution is 2.55. The van der Waals surface area contributed by atoms with Crippen LogP contribution in [0, 0.1) is 31.6 Å². The van der Waals surface area contributed by atoms with E-state index in [1.807, 2.05) is 44.2 Å². The molecular weight excluding hydrogens is 440 g/mol. The molecule has 4 bridgehead atoms. The predicted octanol–water partition coefficient (Wildman–Crippen LogP) is 4.38. The van der Waals surface area contributed by atoms with Crippen molar-refractivity contribution in [1.82, 2.24) is 20.6 Å². The molecule has 2 amide bonds. The number of aliphatic imine (C=N–C) groups is 1. The van der Waals surface area contributed by atoms with E-state index in [4.69, 9.17) is 4.74 Å². The molecule has 1 aromatic heterocycles. The molecule has 3 N–H and O–H groups in total. The van der Waals surface area contributed by atoms with Crippen LogP contribution in [-0.4, -0.2) is 41.2 Å². The molecule has 0 atom stereocenters. The molecule has 35 heavy (non-hydrogen) atoms. The molecule has 0 unspecified atom stereocenters. The van der Waals surface area contributed by atoms with Gasteiger partial charge in [-0.15, -0.1) is 0 Å². The number of nitrogens with zero attached hydrogens (tertiary/aromatic N) is 3. The van der Waals surface area contributed by atoms with Crippen LogP contribution < -0.4 is 20.7 Å². The van der Waals surface area contributed by atoms with Crippen LogP contribution in [0.3, 0.4) is 0 Å². The van der Waals surface area contributed by atoms with Gasteiger partial charge in [0.2, 0.25) is 11.9 Å². The van der Waals surface area contributed by atoms with Crippen LogP contribution in [0.25, 0.3) is 0 Å². The quantitative estimate of drug-likeness (QED) is 0.424. The maximum absolute atomic E-state index is 13.2. The second-order valence-corrected chi connectivity index (χ2v) is 10.7. The van der Waals surface area contributed by atoms with Gasteiger partial charge in [0.25, 0.3) is 0 Å². The molecular formula is C27H36N6O2. The Kier molecular flexibility index (Phi) is 6.62. The minimum absolute atomic E-state index is 0.0660. The number of hydrogen-bond donors (Lipinski definition) is 3. The van der Waals surface area contributed by atoms with E-state index >= 15 is 0 Å². The summed E-state index contributed by atoms with van der Waals surface area (Å²) in [5, 5.41) is 9.47. The molecule has 1 heterocycles. The third-order valence-electron chi connectivity index (χ3n) is 7.69. The first-order valence-corrected chi connectivity index (χ1v) is 12.7. The fourth-order valence-corrected chi connectivity index (χ4v) is 6.73. The number of ether oxygens (including phenoxy) is 1. The average molecular weight is 477 g/mol. The molecule has 4 aliphatic carbocycles. The van der Waals surface area contributed by atoms with Crippen molar-refractivity contribution in [3.05, 3.63) is 47.3 Å². The van der Waals surface area contributed by atoms with E-state index in [9.17, 15) is 4.79 Å². The molecule has 0 spiro atoms. The van der Waals surface area contributed by atoms with E-state index in [-0.39, 0.29) is 11.6 Å². The monoisotopic (exact) mass is 476 g/mol. The first kappa shape index (κ1) is 23.6.